The average Bonchev–Trinajstić information content (AvgIpc) is 3.06. The Labute approximate surface area is 153 Å². The molecule has 0 spiro atoms. The Morgan fingerprint density at radius 3 is 2.62 bits per heavy atom. The zero-order valence-electron chi connectivity index (χ0n) is 15.2. The molecular formula is C20H24FN5. The predicted octanol–water partition coefficient (Wildman–Crippen LogP) is 2.73. The number of rotatable bonds is 6. The molecule has 0 aliphatic carbocycles. The number of halogens is 1. The second-order valence-corrected chi connectivity index (χ2v) is 6.17. The highest BCUT2D eigenvalue weighted by molar-refractivity contribution is 5.79. The molecule has 2 aromatic heterocycles. The van der Waals surface area contributed by atoms with E-state index in [9.17, 15) is 4.39 Å². The molecule has 0 aliphatic rings. The van der Waals surface area contributed by atoms with Crippen molar-refractivity contribution in [3.63, 3.8) is 0 Å². The van der Waals surface area contributed by atoms with E-state index in [2.05, 4.69) is 39.8 Å². The zero-order chi connectivity index (χ0) is 18.4. The van der Waals surface area contributed by atoms with Crippen molar-refractivity contribution >= 4 is 11.6 Å². The van der Waals surface area contributed by atoms with Crippen LogP contribution in [-0.4, -0.2) is 35.5 Å². The Kier molecular flexibility index (Phi) is 5.84. The summed E-state index contributed by atoms with van der Waals surface area (Å²) >= 11 is 0. The van der Waals surface area contributed by atoms with Crippen LogP contribution < -0.4 is 10.6 Å². The lowest BCUT2D eigenvalue weighted by Gasteiger charge is -2.11. The van der Waals surface area contributed by atoms with Gasteiger partial charge >= 0.3 is 0 Å². The monoisotopic (exact) mass is 353 g/mol. The number of benzene rings is 1. The third kappa shape index (κ3) is 4.39. The molecule has 2 heterocycles. The maximum Gasteiger partial charge on any atom is 0.190 e. The van der Waals surface area contributed by atoms with Crippen LogP contribution in [0.5, 0.6) is 0 Å². The molecule has 0 amide bonds. The Morgan fingerprint density at radius 1 is 1.12 bits per heavy atom. The van der Waals surface area contributed by atoms with Gasteiger partial charge in [-0.2, -0.15) is 0 Å². The Hall–Kier alpha value is -2.89. The summed E-state index contributed by atoms with van der Waals surface area (Å²) in [6.07, 6.45) is 5.47. The van der Waals surface area contributed by atoms with Gasteiger partial charge in [0.1, 0.15) is 11.5 Å². The summed E-state index contributed by atoms with van der Waals surface area (Å²) in [4.78, 5) is 8.87. The molecule has 0 saturated heterocycles. The fourth-order valence-electron chi connectivity index (χ4n) is 2.87. The van der Waals surface area contributed by atoms with Crippen LogP contribution in [0.3, 0.4) is 0 Å². The number of nitrogens with zero attached hydrogens (tertiary/aromatic N) is 3. The van der Waals surface area contributed by atoms with Crippen molar-refractivity contribution in [1.29, 1.82) is 0 Å². The van der Waals surface area contributed by atoms with Gasteiger partial charge < -0.3 is 15.0 Å². The zero-order valence-corrected chi connectivity index (χ0v) is 15.2. The standard InChI is InChI=1S/C20H24FN5/c1-15-6-5-13-26-14-17(25-19(15)26)10-12-24-20(22-2)23-11-9-16-7-3-4-8-18(16)21/h3-8,13-14H,9-12H2,1-2H3,(H2,22,23,24). The molecule has 1 aromatic carbocycles. The lowest BCUT2D eigenvalue weighted by molar-refractivity contribution is 0.606. The number of aryl methyl sites for hydroxylation is 1. The lowest BCUT2D eigenvalue weighted by atomic mass is 10.1. The number of nitrogens with one attached hydrogen (secondary N) is 2. The third-order valence-electron chi connectivity index (χ3n) is 4.27. The largest absolute Gasteiger partial charge is 0.356 e. The van der Waals surface area contributed by atoms with Gasteiger partial charge in [0.05, 0.1) is 5.69 Å². The second kappa shape index (κ2) is 8.47. The number of pyridine rings is 1. The van der Waals surface area contributed by atoms with E-state index < -0.39 is 0 Å². The van der Waals surface area contributed by atoms with Gasteiger partial charge in [0, 0.05) is 39.0 Å². The topological polar surface area (TPSA) is 53.7 Å². The number of fused-ring (bicyclic) bond motifs is 1. The molecule has 0 saturated carbocycles. The smallest absolute Gasteiger partial charge is 0.190 e. The molecular weight excluding hydrogens is 329 g/mol. The summed E-state index contributed by atoms with van der Waals surface area (Å²) in [5.74, 6) is 0.542. The van der Waals surface area contributed by atoms with Crippen LogP contribution >= 0.6 is 0 Å². The van der Waals surface area contributed by atoms with Gasteiger partial charge in [-0.3, -0.25) is 4.99 Å². The molecule has 26 heavy (non-hydrogen) atoms. The normalized spacial score (nSPS) is 11.7. The van der Waals surface area contributed by atoms with Crippen molar-refractivity contribution in [1.82, 2.24) is 20.0 Å². The van der Waals surface area contributed by atoms with Gasteiger partial charge in [-0.15, -0.1) is 0 Å². The second-order valence-electron chi connectivity index (χ2n) is 6.17. The molecule has 6 heteroatoms. The van der Waals surface area contributed by atoms with E-state index in [1.54, 1.807) is 19.2 Å². The summed E-state index contributed by atoms with van der Waals surface area (Å²) in [5.41, 5.74) is 3.90. The van der Waals surface area contributed by atoms with Gasteiger partial charge in [-0.1, -0.05) is 24.3 Å². The van der Waals surface area contributed by atoms with Crippen LogP contribution in [0.25, 0.3) is 5.65 Å². The highest BCUT2D eigenvalue weighted by Gasteiger charge is 2.05. The van der Waals surface area contributed by atoms with E-state index in [0.717, 1.165) is 29.9 Å². The molecule has 3 rings (SSSR count). The minimum absolute atomic E-state index is 0.167. The van der Waals surface area contributed by atoms with Crippen molar-refractivity contribution in [3.8, 4) is 0 Å². The Balaban J connectivity index is 1.46. The van der Waals surface area contributed by atoms with Crippen LogP contribution in [0.1, 0.15) is 16.8 Å². The number of aliphatic imine (C=N–C) groups is 1. The van der Waals surface area contributed by atoms with Crippen molar-refractivity contribution in [2.75, 3.05) is 20.1 Å². The van der Waals surface area contributed by atoms with Gasteiger partial charge in [-0.05, 0) is 36.6 Å². The maximum absolute atomic E-state index is 13.6. The molecule has 0 aliphatic heterocycles. The Morgan fingerprint density at radius 2 is 1.88 bits per heavy atom. The van der Waals surface area contributed by atoms with Crippen LogP contribution in [-0.2, 0) is 12.8 Å². The fourth-order valence-corrected chi connectivity index (χ4v) is 2.87. The summed E-state index contributed by atoms with van der Waals surface area (Å²) in [6, 6.07) is 10.9. The molecule has 3 aromatic rings. The fraction of sp³-hybridized carbons (Fsp3) is 0.300. The summed E-state index contributed by atoms with van der Waals surface area (Å²) in [6.45, 7) is 3.40. The van der Waals surface area contributed by atoms with Crippen LogP contribution in [0, 0.1) is 12.7 Å². The quantitative estimate of drug-likeness (QED) is 0.529. The van der Waals surface area contributed by atoms with Crippen LogP contribution in [0.4, 0.5) is 4.39 Å². The molecule has 0 unspecified atom stereocenters. The molecule has 0 atom stereocenters. The lowest BCUT2D eigenvalue weighted by Crippen LogP contribution is -2.39. The number of aromatic nitrogens is 2. The van der Waals surface area contributed by atoms with Crippen molar-refractivity contribution in [2.24, 2.45) is 4.99 Å². The summed E-state index contributed by atoms with van der Waals surface area (Å²) < 4.78 is 15.7. The van der Waals surface area contributed by atoms with Crippen LogP contribution in [0.2, 0.25) is 0 Å². The first-order valence-corrected chi connectivity index (χ1v) is 8.78. The van der Waals surface area contributed by atoms with E-state index in [-0.39, 0.29) is 5.82 Å². The molecule has 2 N–H and O–H groups in total. The van der Waals surface area contributed by atoms with Gasteiger partial charge in [0.15, 0.2) is 5.96 Å². The molecule has 5 nitrogen and oxygen atoms in total. The molecule has 0 radical (unpaired) electrons. The van der Waals surface area contributed by atoms with E-state index in [1.807, 2.05) is 22.7 Å². The highest BCUT2D eigenvalue weighted by atomic mass is 19.1. The Bertz CT molecular complexity index is 900. The first-order valence-electron chi connectivity index (χ1n) is 8.78. The predicted molar refractivity (Wildman–Crippen MR) is 103 cm³/mol. The van der Waals surface area contributed by atoms with Gasteiger partial charge in [-0.25, -0.2) is 9.37 Å². The van der Waals surface area contributed by atoms with Gasteiger partial charge in [0.25, 0.3) is 0 Å². The molecule has 0 fully saturated rings. The minimum atomic E-state index is -0.167. The maximum atomic E-state index is 13.6. The van der Waals surface area contributed by atoms with Crippen molar-refractivity contribution in [2.45, 2.75) is 19.8 Å². The van der Waals surface area contributed by atoms with Gasteiger partial charge in [0.2, 0.25) is 0 Å². The van der Waals surface area contributed by atoms with Crippen molar-refractivity contribution < 1.29 is 4.39 Å². The third-order valence-corrected chi connectivity index (χ3v) is 4.27. The minimum Gasteiger partial charge on any atom is -0.356 e. The molecule has 0 bridgehead atoms. The number of hydrogen-bond acceptors (Lipinski definition) is 2. The molecule has 136 valence electrons. The summed E-state index contributed by atoms with van der Waals surface area (Å²) in [5, 5.41) is 6.49. The van der Waals surface area contributed by atoms with E-state index in [0.29, 0.717) is 24.5 Å². The first kappa shape index (κ1) is 17.9. The van der Waals surface area contributed by atoms with E-state index in [1.165, 1.54) is 6.07 Å². The summed E-state index contributed by atoms with van der Waals surface area (Å²) in [7, 11) is 1.73. The van der Waals surface area contributed by atoms with Crippen molar-refractivity contribution in [3.05, 3.63) is 71.4 Å². The highest BCUT2D eigenvalue weighted by Crippen LogP contribution is 2.10. The first-order chi connectivity index (χ1) is 12.7. The van der Waals surface area contributed by atoms with E-state index >= 15 is 0 Å². The average molecular weight is 353 g/mol. The number of hydrogen-bond donors (Lipinski definition) is 2. The van der Waals surface area contributed by atoms with E-state index in [4.69, 9.17) is 0 Å². The number of imidazole rings is 1. The van der Waals surface area contributed by atoms with Crippen LogP contribution in [0.15, 0.2) is 53.8 Å². The number of guanidine groups is 1. The SMILES string of the molecule is CN=C(NCCc1cn2cccc(C)c2n1)NCCc1ccccc1F.